The molecule has 172 valence electrons. The van der Waals surface area contributed by atoms with E-state index in [-0.39, 0.29) is 30.8 Å². The van der Waals surface area contributed by atoms with Crippen LogP contribution < -0.4 is 5.32 Å². The van der Waals surface area contributed by atoms with Crippen LogP contribution in [0.15, 0.2) is 78.9 Å². The van der Waals surface area contributed by atoms with Gasteiger partial charge >= 0.3 is 0 Å². The topological polar surface area (TPSA) is 49.4 Å². The predicted molar refractivity (Wildman–Crippen MR) is 129 cm³/mol. The lowest BCUT2D eigenvalue weighted by Gasteiger charge is -2.32. The van der Waals surface area contributed by atoms with Crippen molar-refractivity contribution in [3.63, 3.8) is 0 Å². The van der Waals surface area contributed by atoms with E-state index in [0.29, 0.717) is 17.0 Å². The first-order chi connectivity index (χ1) is 15.8. The van der Waals surface area contributed by atoms with E-state index in [9.17, 15) is 14.0 Å². The molecular formula is C27H28ClFN2O2. The van der Waals surface area contributed by atoms with Gasteiger partial charge in [0.25, 0.3) is 0 Å². The van der Waals surface area contributed by atoms with E-state index >= 15 is 0 Å². The summed E-state index contributed by atoms with van der Waals surface area (Å²) < 4.78 is 14.3. The van der Waals surface area contributed by atoms with Crippen LogP contribution in [0.3, 0.4) is 0 Å². The fourth-order valence-electron chi connectivity index (χ4n) is 3.67. The van der Waals surface area contributed by atoms with Gasteiger partial charge in [-0.1, -0.05) is 72.3 Å². The Kier molecular flexibility index (Phi) is 8.61. The van der Waals surface area contributed by atoms with Crippen LogP contribution in [0.1, 0.15) is 30.5 Å². The fraction of sp³-hybridized carbons (Fsp3) is 0.259. The zero-order valence-electron chi connectivity index (χ0n) is 18.8. The zero-order chi connectivity index (χ0) is 23.8. The third-order valence-electron chi connectivity index (χ3n) is 5.24. The second-order valence-corrected chi connectivity index (χ2v) is 8.72. The van der Waals surface area contributed by atoms with Crippen molar-refractivity contribution in [3.8, 4) is 0 Å². The molecule has 2 amide bonds. The Morgan fingerprint density at radius 3 is 2.27 bits per heavy atom. The first-order valence-electron chi connectivity index (χ1n) is 10.9. The Morgan fingerprint density at radius 1 is 0.939 bits per heavy atom. The molecule has 0 radical (unpaired) electrons. The number of halogens is 2. The van der Waals surface area contributed by atoms with Crippen molar-refractivity contribution in [3.05, 3.63) is 106 Å². The molecule has 0 aromatic heterocycles. The molecule has 0 saturated heterocycles. The summed E-state index contributed by atoms with van der Waals surface area (Å²) in [4.78, 5) is 28.3. The van der Waals surface area contributed by atoms with E-state index in [4.69, 9.17) is 11.6 Å². The van der Waals surface area contributed by atoms with Gasteiger partial charge in [-0.3, -0.25) is 9.59 Å². The summed E-state index contributed by atoms with van der Waals surface area (Å²) in [6, 6.07) is 22.1. The highest BCUT2D eigenvalue weighted by atomic mass is 35.5. The van der Waals surface area contributed by atoms with Gasteiger partial charge in [-0.25, -0.2) is 4.39 Å². The summed E-state index contributed by atoms with van der Waals surface area (Å²) in [6.07, 6.45) is 0.191. The highest BCUT2D eigenvalue weighted by molar-refractivity contribution is 6.30. The fourth-order valence-corrected chi connectivity index (χ4v) is 3.89. The highest BCUT2D eigenvalue weighted by Gasteiger charge is 2.31. The second-order valence-electron chi connectivity index (χ2n) is 8.29. The molecule has 0 fully saturated rings. The lowest BCUT2D eigenvalue weighted by Crippen LogP contribution is -2.52. The van der Waals surface area contributed by atoms with Crippen LogP contribution in [0, 0.1) is 5.82 Å². The SMILES string of the molecule is CC(C)NC(=O)[C@@H](Cc1ccccc1)N(Cc1cccc(Cl)c1)C(=O)Cc1ccccc1F. The number of hydrogen-bond donors (Lipinski definition) is 1. The maximum atomic E-state index is 14.3. The maximum absolute atomic E-state index is 14.3. The van der Waals surface area contributed by atoms with Crippen molar-refractivity contribution in [1.82, 2.24) is 10.2 Å². The van der Waals surface area contributed by atoms with Gasteiger partial charge < -0.3 is 10.2 Å². The van der Waals surface area contributed by atoms with Crippen LogP contribution >= 0.6 is 11.6 Å². The molecule has 4 nitrogen and oxygen atoms in total. The number of carbonyl (C=O) groups is 2. The summed E-state index contributed by atoms with van der Waals surface area (Å²) in [5.41, 5.74) is 2.01. The summed E-state index contributed by atoms with van der Waals surface area (Å²) in [6.45, 7) is 3.93. The first kappa shape index (κ1) is 24.5. The van der Waals surface area contributed by atoms with Crippen LogP contribution in [0.2, 0.25) is 5.02 Å². The number of amides is 2. The summed E-state index contributed by atoms with van der Waals surface area (Å²) in [5.74, 6) is -1.03. The van der Waals surface area contributed by atoms with Gasteiger partial charge in [-0.05, 0) is 48.7 Å². The number of carbonyl (C=O) groups excluding carboxylic acids is 2. The molecule has 0 unspecified atom stereocenters. The molecule has 0 aliphatic heterocycles. The number of benzene rings is 3. The van der Waals surface area contributed by atoms with Gasteiger partial charge in [0, 0.05) is 24.0 Å². The summed E-state index contributed by atoms with van der Waals surface area (Å²) >= 11 is 6.17. The molecule has 0 aliphatic carbocycles. The molecular weight excluding hydrogens is 439 g/mol. The van der Waals surface area contributed by atoms with Gasteiger partial charge in [0.15, 0.2) is 0 Å². The van der Waals surface area contributed by atoms with Gasteiger partial charge in [-0.15, -0.1) is 0 Å². The average Bonchev–Trinajstić information content (AvgIpc) is 2.78. The molecule has 1 N–H and O–H groups in total. The van der Waals surface area contributed by atoms with Crippen LogP contribution in [-0.4, -0.2) is 28.8 Å². The average molecular weight is 467 g/mol. The van der Waals surface area contributed by atoms with E-state index in [1.54, 1.807) is 36.4 Å². The van der Waals surface area contributed by atoms with Gasteiger partial charge in [-0.2, -0.15) is 0 Å². The third-order valence-corrected chi connectivity index (χ3v) is 5.48. The number of nitrogens with zero attached hydrogens (tertiary/aromatic N) is 1. The standard InChI is InChI=1S/C27H28ClFN2O2/c1-19(2)30-27(33)25(16-20-9-4-3-5-10-20)31(18-21-11-8-13-23(28)15-21)26(32)17-22-12-6-7-14-24(22)29/h3-15,19,25H,16-18H2,1-2H3,(H,30,33)/t25-/m1/s1. The highest BCUT2D eigenvalue weighted by Crippen LogP contribution is 2.19. The van der Waals surface area contributed by atoms with Crippen molar-refractivity contribution in [2.45, 2.75) is 45.3 Å². The first-order valence-corrected chi connectivity index (χ1v) is 11.3. The Balaban J connectivity index is 1.98. The van der Waals surface area contributed by atoms with Crippen LogP contribution in [-0.2, 0) is 29.0 Å². The molecule has 1 atom stereocenters. The largest absolute Gasteiger partial charge is 0.352 e. The Labute approximate surface area is 199 Å². The molecule has 3 rings (SSSR count). The number of rotatable bonds is 9. The van der Waals surface area contributed by atoms with Crippen molar-refractivity contribution in [2.75, 3.05) is 0 Å². The van der Waals surface area contributed by atoms with Gasteiger partial charge in [0.05, 0.1) is 6.42 Å². The zero-order valence-corrected chi connectivity index (χ0v) is 19.6. The van der Waals surface area contributed by atoms with E-state index in [1.807, 2.05) is 50.2 Å². The molecule has 0 heterocycles. The van der Waals surface area contributed by atoms with Crippen molar-refractivity contribution in [2.24, 2.45) is 0 Å². The minimum Gasteiger partial charge on any atom is -0.352 e. The van der Waals surface area contributed by atoms with Crippen molar-refractivity contribution >= 4 is 23.4 Å². The number of hydrogen-bond acceptors (Lipinski definition) is 2. The molecule has 0 bridgehead atoms. The smallest absolute Gasteiger partial charge is 0.243 e. The van der Waals surface area contributed by atoms with Gasteiger partial charge in [0.2, 0.25) is 11.8 Å². The Hall–Kier alpha value is -3.18. The minimum absolute atomic E-state index is 0.0922. The predicted octanol–water partition coefficient (Wildman–Crippen LogP) is 5.19. The summed E-state index contributed by atoms with van der Waals surface area (Å²) in [5, 5.41) is 3.48. The Morgan fingerprint density at radius 2 is 1.61 bits per heavy atom. The van der Waals surface area contributed by atoms with Crippen LogP contribution in [0.25, 0.3) is 0 Å². The molecule has 0 aliphatic rings. The molecule has 33 heavy (non-hydrogen) atoms. The molecule has 3 aromatic rings. The van der Waals surface area contributed by atoms with E-state index < -0.39 is 11.9 Å². The number of nitrogens with one attached hydrogen (secondary N) is 1. The lowest BCUT2D eigenvalue weighted by molar-refractivity contribution is -0.141. The molecule has 0 saturated carbocycles. The molecule has 3 aromatic carbocycles. The summed E-state index contributed by atoms with van der Waals surface area (Å²) in [7, 11) is 0. The quantitative estimate of drug-likeness (QED) is 0.472. The van der Waals surface area contributed by atoms with Crippen molar-refractivity contribution in [1.29, 1.82) is 0 Å². The molecule has 0 spiro atoms. The van der Waals surface area contributed by atoms with Crippen LogP contribution in [0.5, 0.6) is 0 Å². The monoisotopic (exact) mass is 466 g/mol. The van der Waals surface area contributed by atoms with Crippen molar-refractivity contribution < 1.29 is 14.0 Å². The maximum Gasteiger partial charge on any atom is 0.243 e. The van der Waals surface area contributed by atoms with E-state index in [0.717, 1.165) is 11.1 Å². The minimum atomic E-state index is -0.770. The normalized spacial score (nSPS) is 11.8. The third kappa shape index (κ3) is 7.16. The van der Waals surface area contributed by atoms with Gasteiger partial charge in [0.1, 0.15) is 11.9 Å². The molecule has 6 heteroatoms. The second kappa shape index (κ2) is 11.6. The van der Waals surface area contributed by atoms with E-state index in [1.165, 1.54) is 11.0 Å². The van der Waals surface area contributed by atoms with Crippen LogP contribution in [0.4, 0.5) is 4.39 Å². The Bertz CT molecular complexity index is 1090. The van der Waals surface area contributed by atoms with E-state index in [2.05, 4.69) is 5.32 Å². The lowest BCUT2D eigenvalue weighted by atomic mass is 10.0.